The molecule has 110 valence electrons. The zero-order chi connectivity index (χ0) is 14.8. The van der Waals surface area contributed by atoms with Crippen LogP contribution in [0.15, 0.2) is 30.6 Å². The molecule has 0 radical (unpaired) electrons. The van der Waals surface area contributed by atoms with Crippen LogP contribution in [-0.2, 0) is 4.74 Å². The van der Waals surface area contributed by atoms with Gasteiger partial charge in [0.05, 0.1) is 17.9 Å². The Hall–Kier alpha value is -2.28. The van der Waals surface area contributed by atoms with E-state index in [2.05, 4.69) is 15.5 Å². The Morgan fingerprint density at radius 2 is 2.05 bits per heavy atom. The number of carbonyl (C=O) groups is 1. The van der Waals surface area contributed by atoms with Crippen LogP contribution in [0, 0.1) is 0 Å². The molecule has 0 spiro atoms. The van der Waals surface area contributed by atoms with Crippen LogP contribution in [0.1, 0.15) is 24.2 Å². The maximum absolute atomic E-state index is 12.6. The quantitative estimate of drug-likeness (QED) is 0.821. The van der Waals surface area contributed by atoms with Crippen molar-refractivity contribution in [2.75, 3.05) is 13.1 Å². The molecule has 2 unspecified atom stereocenters. The van der Waals surface area contributed by atoms with Crippen LogP contribution in [0.25, 0.3) is 5.69 Å². The lowest BCUT2D eigenvalue weighted by atomic mass is 10.1. The largest absolute Gasteiger partial charge is 0.372 e. The van der Waals surface area contributed by atoms with Gasteiger partial charge < -0.3 is 9.64 Å². The van der Waals surface area contributed by atoms with E-state index >= 15 is 0 Å². The van der Waals surface area contributed by atoms with Gasteiger partial charge in [-0.2, -0.15) is 0 Å². The van der Waals surface area contributed by atoms with E-state index in [0.29, 0.717) is 18.7 Å². The van der Waals surface area contributed by atoms with Crippen LogP contribution in [0.2, 0.25) is 0 Å². The fraction of sp³-hybridized carbons (Fsp3) is 0.429. The topological polar surface area (TPSA) is 73.1 Å². The van der Waals surface area contributed by atoms with Crippen molar-refractivity contribution in [1.82, 2.24) is 25.1 Å². The molecule has 1 aromatic heterocycles. The molecule has 1 aliphatic rings. The normalized spacial score (nSPS) is 22.3. The number of hydrogen-bond acceptors (Lipinski definition) is 5. The van der Waals surface area contributed by atoms with Crippen LogP contribution < -0.4 is 0 Å². The number of benzene rings is 1. The summed E-state index contributed by atoms with van der Waals surface area (Å²) in [4.78, 5) is 14.5. The van der Waals surface area contributed by atoms with E-state index in [9.17, 15) is 4.79 Å². The smallest absolute Gasteiger partial charge is 0.254 e. The van der Waals surface area contributed by atoms with Gasteiger partial charge in [-0.25, -0.2) is 4.68 Å². The molecule has 2 atom stereocenters. The van der Waals surface area contributed by atoms with Gasteiger partial charge in [-0.3, -0.25) is 4.79 Å². The minimum absolute atomic E-state index is 0.00641. The van der Waals surface area contributed by atoms with Crippen molar-refractivity contribution in [2.24, 2.45) is 0 Å². The highest BCUT2D eigenvalue weighted by atomic mass is 16.5. The van der Waals surface area contributed by atoms with Crippen molar-refractivity contribution in [3.05, 3.63) is 36.2 Å². The molecule has 0 bridgehead atoms. The molecule has 2 heterocycles. The summed E-state index contributed by atoms with van der Waals surface area (Å²) in [6.45, 7) is 5.18. The fourth-order valence-corrected chi connectivity index (χ4v) is 2.59. The molecule has 3 rings (SSSR count). The SMILES string of the molecule is CC1CN(C(=O)c2cccc(-n3cnnn3)c2)CC(C)O1. The second kappa shape index (κ2) is 5.61. The second-order valence-corrected chi connectivity index (χ2v) is 5.27. The summed E-state index contributed by atoms with van der Waals surface area (Å²) < 4.78 is 7.19. The number of amides is 1. The average Bonchev–Trinajstić information content (AvgIpc) is 3.00. The minimum Gasteiger partial charge on any atom is -0.372 e. The Balaban J connectivity index is 1.83. The first kappa shape index (κ1) is 13.7. The average molecular weight is 287 g/mol. The molecular weight excluding hydrogens is 270 g/mol. The predicted molar refractivity (Wildman–Crippen MR) is 75.1 cm³/mol. The summed E-state index contributed by atoms with van der Waals surface area (Å²) >= 11 is 0. The number of tetrazole rings is 1. The third-order valence-corrected chi connectivity index (χ3v) is 3.41. The van der Waals surface area contributed by atoms with E-state index in [1.165, 1.54) is 11.0 Å². The van der Waals surface area contributed by atoms with Gasteiger partial charge in [-0.1, -0.05) is 6.07 Å². The first-order valence-corrected chi connectivity index (χ1v) is 6.91. The van der Waals surface area contributed by atoms with Gasteiger partial charge in [0, 0.05) is 18.7 Å². The lowest BCUT2D eigenvalue weighted by Crippen LogP contribution is -2.48. The minimum atomic E-state index is 0.00641. The number of aromatic nitrogens is 4. The van der Waals surface area contributed by atoms with Crippen LogP contribution in [-0.4, -0.2) is 56.3 Å². The molecule has 1 saturated heterocycles. The summed E-state index contributed by atoms with van der Waals surface area (Å²) in [5.74, 6) is 0.00641. The zero-order valence-electron chi connectivity index (χ0n) is 12.0. The summed E-state index contributed by atoms with van der Waals surface area (Å²) in [7, 11) is 0. The van der Waals surface area contributed by atoms with Gasteiger partial charge in [0.1, 0.15) is 6.33 Å². The van der Waals surface area contributed by atoms with Gasteiger partial charge in [-0.05, 0) is 42.5 Å². The van der Waals surface area contributed by atoms with E-state index in [1.807, 2.05) is 30.9 Å². The van der Waals surface area contributed by atoms with Crippen molar-refractivity contribution in [1.29, 1.82) is 0 Å². The highest BCUT2D eigenvalue weighted by Crippen LogP contribution is 2.16. The van der Waals surface area contributed by atoms with Gasteiger partial charge in [0.25, 0.3) is 5.91 Å². The molecule has 7 nitrogen and oxygen atoms in total. The van der Waals surface area contributed by atoms with E-state index in [4.69, 9.17) is 4.74 Å². The van der Waals surface area contributed by atoms with Crippen LogP contribution in [0.3, 0.4) is 0 Å². The summed E-state index contributed by atoms with van der Waals surface area (Å²) in [5.41, 5.74) is 1.39. The first-order chi connectivity index (χ1) is 10.1. The Morgan fingerprint density at radius 3 is 2.71 bits per heavy atom. The number of ether oxygens (including phenoxy) is 1. The molecule has 21 heavy (non-hydrogen) atoms. The van der Waals surface area contributed by atoms with Crippen LogP contribution in [0.5, 0.6) is 0 Å². The highest BCUT2D eigenvalue weighted by Gasteiger charge is 2.26. The number of nitrogens with zero attached hydrogens (tertiary/aromatic N) is 5. The van der Waals surface area contributed by atoms with Crippen molar-refractivity contribution in [3.63, 3.8) is 0 Å². The van der Waals surface area contributed by atoms with E-state index in [1.54, 1.807) is 12.1 Å². The first-order valence-electron chi connectivity index (χ1n) is 6.91. The Morgan fingerprint density at radius 1 is 1.29 bits per heavy atom. The standard InChI is InChI=1S/C14H17N5O2/c1-10-7-18(8-11(2)21-10)14(20)12-4-3-5-13(6-12)19-9-15-16-17-19/h3-6,9-11H,7-8H2,1-2H3. The molecule has 0 aliphatic carbocycles. The van der Waals surface area contributed by atoms with Gasteiger partial charge in [0.2, 0.25) is 0 Å². The molecule has 1 aliphatic heterocycles. The Labute approximate surface area is 122 Å². The van der Waals surface area contributed by atoms with Crippen molar-refractivity contribution >= 4 is 5.91 Å². The number of morpholine rings is 1. The van der Waals surface area contributed by atoms with Gasteiger partial charge in [-0.15, -0.1) is 5.10 Å². The maximum atomic E-state index is 12.6. The second-order valence-electron chi connectivity index (χ2n) is 5.27. The monoisotopic (exact) mass is 287 g/mol. The molecule has 1 aromatic carbocycles. The van der Waals surface area contributed by atoms with E-state index in [0.717, 1.165) is 5.69 Å². The fourth-order valence-electron chi connectivity index (χ4n) is 2.59. The van der Waals surface area contributed by atoms with Crippen molar-refractivity contribution < 1.29 is 9.53 Å². The predicted octanol–water partition coefficient (Wildman–Crippen LogP) is 0.912. The maximum Gasteiger partial charge on any atom is 0.254 e. The third kappa shape index (κ3) is 2.92. The Kier molecular flexibility index (Phi) is 3.66. The molecule has 0 saturated carbocycles. The summed E-state index contributed by atoms with van der Waals surface area (Å²) in [5, 5.41) is 11.0. The number of carbonyl (C=O) groups excluding carboxylic acids is 1. The number of hydrogen-bond donors (Lipinski definition) is 0. The molecular formula is C14H17N5O2. The number of rotatable bonds is 2. The summed E-state index contributed by atoms with van der Waals surface area (Å²) in [6, 6.07) is 7.29. The van der Waals surface area contributed by atoms with E-state index < -0.39 is 0 Å². The molecule has 0 N–H and O–H groups in total. The van der Waals surface area contributed by atoms with Crippen molar-refractivity contribution in [3.8, 4) is 5.69 Å². The van der Waals surface area contributed by atoms with Gasteiger partial charge >= 0.3 is 0 Å². The molecule has 2 aromatic rings. The lowest BCUT2D eigenvalue weighted by molar-refractivity contribution is -0.0586. The summed E-state index contributed by atoms with van der Waals surface area (Å²) in [6.07, 6.45) is 1.61. The molecule has 1 fully saturated rings. The third-order valence-electron chi connectivity index (χ3n) is 3.41. The molecule has 1 amide bonds. The van der Waals surface area contributed by atoms with Crippen LogP contribution in [0.4, 0.5) is 0 Å². The Bertz CT molecular complexity index is 618. The zero-order valence-corrected chi connectivity index (χ0v) is 12.0. The van der Waals surface area contributed by atoms with Crippen LogP contribution >= 0.6 is 0 Å². The van der Waals surface area contributed by atoms with E-state index in [-0.39, 0.29) is 18.1 Å². The van der Waals surface area contributed by atoms with Crippen molar-refractivity contribution in [2.45, 2.75) is 26.1 Å². The van der Waals surface area contributed by atoms with Gasteiger partial charge in [0.15, 0.2) is 0 Å². The lowest BCUT2D eigenvalue weighted by Gasteiger charge is -2.35. The molecule has 7 heteroatoms. The highest BCUT2D eigenvalue weighted by molar-refractivity contribution is 5.94.